The minimum Gasteiger partial charge on any atom is -0.298 e. The summed E-state index contributed by atoms with van der Waals surface area (Å²) in [5.74, 6) is -1.26. The number of hydrogen-bond acceptors (Lipinski definition) is 2. The lowest BCUT2D eigenvalue weighted by Crippen LogP contribution is -2.41. The molecule has 2 fully saturated rings. The van der Waals surface area contributed by atoms with Gasteiger partial charge in [-0.1, -0.05) is 12.8 Å². The van der Waals surface area contributed by atoms with E-state index in [2.05, 4.69) is 6.07 Å². The van der Waals surface area contributed by atoms with Crippen LogP contribution < -0.4 is 0 Å². The second-order valence-corrected chi connectivity index (χ2v) is 5.11. The molecule has 1 heterocycles. The molecule has 0 aromatic carbocycles. The van der Waals surface area contributed by atoms with Gasteiger partial charge in [-0.05, 0) is 25.8 Å². The average Bonchev–Trinajstić information content (AvgIpc) is 2.77. The van der Waals surface area contributed by atoms with E-state index >= 15 is 0 Å². The van der Waals surface area contributed by atoms with Gasteiger partial charge in [0.1, 0.15) is 0 Å². The SMILES string of the molecule is N#CC1CCCCC1N1CCC(C(F)(F)F)C1. The van der Waals surface area contributed by atoms with Crippen molar-refractivity contribution in [3.05, 3.63) is 0 Å². The van der Waals surface area contributed by atoms with Gasteiger partial charge >= 0.3 is 6.18 Å². The van der Waals surface area contributed by atoms with Gasteiger partial charge in [0.05, 0.1) is 17.9 Å². The van der Waals surface area contributed by atoms with Crippen molar-refractivity contribution in [3.63, 3.8) is 0 Å². The summed E-state index contributed by atoms with van der Waals surface area (Å²) in [5, 5.41) is 9.05. The molecule has 0 radical (unpaired) electrons. The summed E-state index contributed by atoms with van der Waals surface area (Å²) in [6.45, 7) is 0.583. The quantitative estimate of drug-likeness (QED) is 0.711. The molecular weight excluding hydrogens is 229 g/mol. The van der Waals surface area contributed by atoms with E-state index in [1.54, 1.807) is 0 Å². The molecule has 2 aliphatic rings. The summed E-state index contributed by atoms with van der Waals surface area (Å²) in [6.07, 6.45) is -0.0951. The van der Waals surface area contributed by atoms with Crippen LogP contribution in [0.4, 0.5) is 13.2 Å². The molecule has 0 aromatic heterocycles. The Labute approximate surface area is 99.4 Å². The normalized spacial score (nSPS) is 35.8. The third-order valence-corrected chi connectivity index (χ3v) is 4.05. The fourth-order valence-corrected chi connectivity index (χ4v) is 3.05. The molecule has 96 valence electrons. The van der Waals surface area contributed by atoms with Crippen molar-refractivity contribution >= 4 is 0 Å². The Morgan fingerprint density at radius 3 is 2.41 bits per heavy atom. The van der Waals surface area contributed by atoms with Crippen LogP contribution in [-0.2, 0) is 0 Å². The molecule has 2 nitrogen and oxygen atoms in total. The van der Waals surface area contributed by atoms with Gasteiger partial charge in [-0.25, -0.2) is 0 Å². The van der Waals surface area contributed by atoms with Gasteiger partial charge in [0.25, 0.3) is 0 Å². The highest BCUT2D eigenvalue weighted by Gasteiger charge is 2.45. The van der Waals surface area contributed by atoms with Gasteiger partial charge in [-0.3, -0.25) is 4.90 Å². The van der Waals surface area contributed by atoms with E-state index in [1.807, 2.05) is 4.90 Å². The van der Waals surface area contributed by atoms with E-state index in [-0.39, 0.29) is 24.9 Å². The van der Waals surface area contributed by atoms with Crippen molar-refractivity contribution in [2.75, 3.05) is 13.1 Å². The Hall–Kier alpha value is -0.760. The number of halogens is 3. The van der Waals surface area contributed by atoms with E-state index in [9.17, 15) is 13.2 Å². The summed E-state index contributed by atoms with van der Waals surface area (Å²) in [6, 6.07) is 2.32. The summed E-state index contributed by atoms with van der Waals surface area (Å²) in [7, 11) is 0. The van der Waals surface area contributed by atoms with Crippen LogP contribution in [0.3, 0.4) is 0 Å². The predicted molar refractivity (Wildman–Crippen MR) is 57.1 cm³/mol. The molecule has 0 bridgehead atoms. The van der Waals surface area contributed by atoms with Gasteiger partial charge < -0.3 is 0 Å². The molecule has 0 aromatic rings. The topological polar surface area (TPSA) is 27.0 Å². The minimum absolute atomic E-state index is 0.0566. The number of likely N-dealkylation sites (tertiary alicyclic amines) is 1. The minimum atomic E-state index is -4.08. The number of hydrogen-bond donors (Lipinski definition) is 0. The number of alkyl halides is 3. The average molecular weight is 246 g/mol. The van der Waals surface area contributed by atoms with Gasteiger partial charge in [-0.2, -0.15) is 18.4 Å². The molecule has 3 atom stereocenters. The van der Waals surface area contributed by atoms with Crippen molar-refractivity contribution < 1.29 is 13.2 Å². The zero-order chi connectivity index (χ0) is 12.5. The Morgan fingerprint density at radius 1 is 1.12 bits per heavy atom. The zero-order valence-electron chi connectivity index (χ0n) is 9.71. The Balaban J connectivity index is 1.98. The van der Waals surface area contributed by atoms with Crippen molar-refractivity contribution in [1.82, 2.24) is 4.90 Å². The number of rotatable bonds is 1. The molecule has 5 heteroatoms. The van der Waals surface area contributed by atoms with Crippen LogP contribution >= 0.6 is 0 Å². The monoisotopic (exact) mass is 246 g/mol. The van der Waals surface area contributed by atoms with Gasteiger partial charge in [0.15, 0.2) is 0 Å². The van der Waals surface area contributed by atoms with Crippen LogP contribution in [0.5, 0.6) is 0 Å². The highest BCUT2D eigenvalue weighted by molar-refractivity contribution is 4.98. The number of nitrogens with zero attached hydrogens (tertiary/aromatic N) is 2. The van der Waals surface area contributed by atoms with Gasteiger partial charge in [0.2, 0.25) is 0 Å². The molecule has 0 spiro atoms. The van der Waals surface area contributed by atoms with E-state index in [1.165, 1.54) is 0 Å². The molecule has 0 amide bonds. The largest absolute Gasteiger partial charge is 0.393 e. The van der Waals surface area contributed by atoms with Crippen LogP contribution in [0.15, 0.2) is 0 Å². The molecule has 17 heavy (non-hydrogen) atoms. The maximum absolute atomic E-state index is 12.6. The molecule has 1 aliphatic heterocycles. The lowest BCUT2D eigenvalue weighted by atomic mass is 9.84. The lowest BCUT2D eigenvalue weighted by molar-refractivity contribution is -0.171. The molecule has 1 aliphatic carbocycles. The van der Waals surface area contributed by atoms with Crippen LogP contribution in [0, 0.1) is 23.2 Å². The highest BCUT2D eigenvalue weighted by atomic mass is 19.4. The van der Waals surface area contributed by atoms with Gasteiger partial charge in [-0.15, -0.1) is 0 Å². The predicted octanol–water partition coefficient (Wildman–Crippen LogP) is 2.95. The number of nitriles is 1. The van der Waals surface area contributed by atoms with Crippen LogP contribution in [0.25, 0.3) is 0 Å². The lowest BCUT2D eigenvalue weighted by Gasteiger charge is -2.34. The summed E-state index contributed by atoms with van der Waals surface area (Å²) in [5.41, 5.74) is 0. The summed E-state index contributed by atoms with van der Waals surface area (Å²) in [4.78, 5) is 1.89. The van der Waals surface area contributed by atoms with E-state index in [0.717, 1.165) is 25.7 Å². The fraction of sp³-hybridized carbons (Fsp3) is 0.917. The molecule has 0 N–H and O–H groups in total. The molecule has 2 rings (SSSR count). The molecular formula is C12H17F3N2. The second-order valence-electron chi connectivity index (χ2n) is 5.11. The maximum Gasteiger partial charge on any atom is 0.393 e. The fourth-order valence-electron chi connectivity index (χ4n) is 3.05. The van der Waals surface area contributed by atoms with Crippen LogP contribution in [-0.4, -0.2) is 30.2 Å². The van der Waals surface area contributed by atoms with Crippen molar-refractivity contribution in [1.29, 1.82) is 5.26 Å². The van der Waals surface area contributed by atoms with Gasteiger partial charge in [0, 0.05) is 12.6 Å². The Kier molecular flexibility index (Phi) is 3.62. The van der Waals surface area contributed by atoms with Crippen molar-refractivity contribution in [2.24, 2.45) is 11.8 Å². The standard InChI is InChI=1S/C12H17F3N2/c13-12(14,15)10-5-6-17(8-10)11-4-2-1-3-9(11)7-16/h9-11H,1-6,8H2. The Morgan fingerprint density at radius 2 is 1.82 bits per heavy atom. The summed E-state index contributed by atoms with van der Waals surface area (Å²) < 4.78 is 37.8. The maximum atomic E-state index is 12.6. The van der Waals surface area contributed by atoms with Crippen LogP contribution in [0.1, 0.15) is 32.1 Å². The first-order valence-corrected chi connectivity index (χ1v) is 6.22. The van der Waals surface area contributed by atoms with Crippen molar-refractivity contribution in [3.8, 4) is 6.07 Å². The van der Waals surface area contributed by atoms with E-state index < -0.39 is 12.1 Å². The molecule has 3 unspecified atom stereocenters. The first-order valence-electron chi connectivity index (χ1n) is 6.22. The first kappa shape index (κ1) is 12.7. The van der Waals surface area contributed by atoms with Crippen LogP contribution in [0.2, 0.25) is 0 Å². The smallest absolute Gasteiger partial charge is 0.298 e. The second kappa shape index (κ2) is 4.85. The Bertz CT molecular complexity index is 308. The third-order valence-electron chi connectivity index (χ3n) is 4.05. The highest BCUT2D eigenvalue weighted by Crippen LogP contribution is 2.37. The molecule has 1 saturated heterocycles. The summed E-state index contributed by atoms with van der Waals surface area (Å²) >= 11 is 0. The first-order chi connectivity index (χ1) is 8.02. The molecule has 1 saturated carbocycles. The van der Waals surface area contributed by atoms with Crippen molar-refractivity contribution in [2.45, 2.75) is 44.3 Å². The third kappa shape index (κ3) is 2.74. The van der Waals surface area contributed by atoms with E-state index in [0.29, 0.717) is 6.54 Å². The zero-order valence-corrected chi connectivity index (χ0v) is 9.71. The van der Waals surface area contributed by atoms with E-state index in [4.69, 9.17) is 5.26 Å².